The van der Waals surface area contributed by atoms with Crippen molar-refractivity contribution in [2.75, 3.05) is 46.2 Å². The van der Waals surface area contributed by atoms with E-state index in [1.165, 1.54) is 77.0 Å². The van der Waals surface area contributed by atoms with Gasteiger partial charge in [0.1, 0.15) is 0 Å². The van der Waals surface area contributed by atoms with Gasteiger partial charge in [-0.2, -0.15) is 0 Å². The minimum atomic E-state index is -1.58. The van der Waals surface area contributed by atoms with Crippen molar-refractivity contribution in [2.24, 2.45) is 22.2 Å². The average molecular weight is 561 g/mol. The highest BCUT2D eigenvalue weighted by Gasteiger charge is 2.63. The molecule has 0 saturated heterocycles. The van der Waals surface area contributed by atoms with Crippen molar-refractivity contribution in [3.8, 4) is 0 Å². The van der Waals surface area contributed by atoms with Gasteiger partial charge in [-0.25, -0.2) is 0 Å². The first kappa shape index (κ1) is 36.7. The molecule has 1 fully saturated rings. The second kappa shape index (κ2) is 21.4. The molecule has 0 radical (unpaired) electrons. The van der Waals surface area contributed by atoms with E-state index < -0.39 is 61.8 Å². The van der Waals surface area contributed by atoms with Crippen molar-refractivity contribution in [3.05, 3.63) is 0 Å². The fourth-order valence-electron chi connectivity index (χ4n) is 7.38. The maximum atomic E-state index is 10.8. The monoisotopic (exact) mass is 560 g/mol. The van der Waals surface area contributed by atoms with Crippen LogP contribution in [0.5, 0.6) is 0 Å². The molecule has 1 unspecified atom stereocenters. The van der Waals surface area contributed by atoms with Crippen molar-refractivity contribution in [1.29, 1.82) is 0 Å². The third kappa shape index (κ3) is 10.2. The van der Waals surface area contributed by atoms with Gasteiger partial charge in [-0.3, -0.25) is 0 Å². The van der Waals surface area contributed by atoms with Crippen molar-refractivity contribution in [2.45, 2.75) is 135 Å². The first-order valence-corrected chi connectivity index (χ1v) is 16.3. The van der Waals surface area contributed by atoms with E-state index in [2.05, 4.69) is 0 Å². The van der Waals surface area contributed by atoms with Crippen LogP contribution in [-0.4, -0.2) is 82.0 Å². The van der Waals surface area contributed by atoms with Crippen molar-refractivity contribution < 1.29 is 35.7 Å². The van der Waals surface area contributed by atoms with Crippen LogP contribution in [0.2, 0.25) is 0 Å². The van der Waals surface area contributed by atoms with Crippen molar-refractivity contribution in [3.63, 3.8) is 0 Å². The first-order chi connectivity index (χ1) is 19.0. The van der Waals surface area contributed by atoms with Crippen LogP contribution in [0.1, 0.15) is 135 Å². The molecule has 0 aromatic carbocycles. The van der Waals surface area contributed by atoms with Crippen LogP contribution in [0.15, 0.2) is 0 Å². The fraction of sp³-hybridized carbons (Fsp3) is 1.00. The van der Waals surface area contributed by atoms with Crippen LogP contribution < -0.4 is 0 Å². The lowest BCUT2D eigenvalue weighted by Gasteiger charge is -2.59. The van der Waals surface area contributed by atoms with Crippen LogP contribution in [0, 0.1) is 22.2 Å². The van der Waals surface area contributed by atoms with Gasteiger partial charge in [0.2, 0.25) is 0 Å². The lowest BCUT2D eigenvalue weighted by molar-refractivity contribution is -0.234. The van der Waals surface area contributed by atoms with Gasteiger partial charge in [-0.1, -0.05) is 122 Å². The molecule has 7 N–H and O–H groups in total. The number of aliphatic hydroxyl groups excluding tert-OH is 7. The van der Waals surface area contributed by atoms with Gasteiger partial charge in [0, 0.05) is 22.9 Å². The van der Waals surface area contributed by atoms with Crippen molar-refractivity contribution in [1.82, 2.24) is 0 Å². The molecule has 39 heavy (non-hydrogen) atoms. The number of hydrogen-bond acceptors (Lipinski definition) is 7. The van der Waals surface area contributed by atoms with Gasteiger partial charge in [0.15, 0.2) is 0 Å². The van der Waals surface area contributed by atoms with E-state index in [4.69, 9.17) is 0 Å². The second-order valence-corrected chi connectivity index (χ2v) is 12.6. The Hall–Kier alpha value is -0.280. The summed E-state index contributed by atoms with van der Waals surface area (Å²) >= 11 is 0. The molecule has 234 valence electrons. The minimum absolute atomic E-state index is 0.324. The summed E-state index contributed by atoms with van der Waals surface area (Å²) in [4.78, 5) is 0. The second-order valence-electron chi connectivity index (χ2n) is 12.6. The molecule has 1 rings (SSSR count). The quantitative estimate of drug-likeness (QED) is 0.239. The number of aliphatic hydroxyl groups is 7. The zero-order valence-electron chi connectivity index (χ0n) is 25.0. The highest BCUT2D eigenvalue weighted by atomic mass is 16.3. The summed E-state index contributed by atoms with van der Waals surface area (Å²) < 4.78 is 0. The van der Waals surface area contributed by atoms with E-state index in [1.54, 1.807) is 0 Å². The van der Waals surface area contributed by atoms with Crippen molar-refractivity contribution >= 4 is 0 Å². The molecule has 1 saturated carbocycles. The van der Waals surface area contributed by atoms with E-state index in [9.17, 15) is 35.7 Å². The summed E-state index contributed by atoms with van der Waals surface area (Å²) in [5.74, 6) is -0.598. The maximum Gasteiger partial charge on any atom is 0.0523 e. The van der Waals surface area contributed by atoms with Crippen LogP contribution >= 0.6 is 0 Å². The molecule has 0 spiro atoms. The molecule has 7 nitrogen and oxygen atoms in total. The lowest BCUT2D eigenvalue weighted by Crippen LogP contribution is -2.66. The molecule has 1 atom stereocenters. The molecule has 0 aromatic heterocycles. The van der Waals surface area contributed by atoms with Crippen LogP contribution in [0.25, 0.3) is 0 Å². The van der Waals surface area contributed by atoms with E-state index in [-0.39, 0.29) is 6.61 Å². The average Bonchev–Trinajstić information content (AvgIpc) is 2.97. The standard InChI is InChI=1S/C32H64O7/c33-22-29-20-18-16-14-12-10-8-6-4-2-1-3-5-7-9-11-13-15-17-19-21-30(23-34,24-35)32(27-38,28-39)31(29,25-36)26-37/h29,33-39H,1-28H2. The Kier molecular flexibility index (Phi) is 20.2. The van der Waals surface area contributed by atoms with Gasteiger partial charge in [-0.15, -0.1) is 0 Å². The van der Waals surface area contributed by atoms with Gasteiger partial charge in [-0.05, 0) is 18.8 Å². The highest BCUT2D eigenvalue weighted by Crippen LogP contribution is 2.57. The smallest absolute Gasteiger partial charge is 0.0523 e. The minimum Gasteiger partial charge on any atom is -0.396 e. The third-order valence-corrected chi connectivity index (χ3v) is 10.4. The van der Waals surface area contributed by atoms with E-state index in [0.29, 0.717) is 19.3 Å². The normalized spacial score (nSPS) is 25.8. The summed E-state index contributed by atoms with van der Waals surface area (Å²) in [6.45, 7) is -3.70. The summed E-state index contributed by atoms with van der Waals surface area (Å²) in [6, 6.07) is 0. The van der Waals surface area contributed by atoms with Gasteiger partial charge < -0.3 is 35.7 Å². The predicted molar refractivity (Wildman–Crippen MR) is 157 cm³/mol. The largest absolute Gasteiger partial charge is 0.396 e. The van der Waals surface area contributed by atoms with Gasteiger partial charge in [0.05, 0.1) is 39.6 Å². The first-order valence-electron chi connectivity index (χ1n) is 16.3. The molecule has 7 heteroatoms. The van der Waals surface area contributed by atoms with E-state index in [0.717, 1.165) is 38.5 Å². The molecular formula is C32H64O7. The van der Waals surface area contributed by atoms with Gasteiger partial charge >= 0.3 is 0 Å². The zero-order valence-corrected chi connectivity index (χ0v) is 25.0. The molecule has 0 heterocycles. The molecule has 0 aliphatic heterocycles. The molecule has 0 aromatic rings. The number of hydrogen-bond donors (Lipinski definition) is 7. The molecule has 1 aliphatic rings. The number of rotatable bonds is 7. The Labute approximate surface area is 239 Å². The molecular weight excluding hydrogens is 496 g/mol. The summed E-state index contributed by atoms with van der Waals surface area (Å²) in [5, 5.41) is 74.8. The van der Waals surface area contributed by atoms with E-state index in [1.807, 2.05) is 0 Å². The Bertz CT molecular complexity index is 559. The molecule has 0 amide bonds. The third-order valence-electron chi connectivity index (χ3n) is 10.4. The van der Waals surface area contributed by atoms with Crippen LogP contribution in [0.4, 0.5) is 0 Å². The summed E-state index contributed by atoms with van der Waals surface area (Å²) in [7, 11) is 0. The Balaban J connectivity index is 3.12. The molecule has 0 bridgehead atoms. The summed E-state index contributed by atoms with van der Waals surface area (Å²) in [5.41, 5.74) is -4.36. The molecule has 1 aliphatic carbocycles. The maximum absolute atomic E-state index is 10.8. The summed E-state index contributed by atoms with van der Waals surface area (Å²) in [6.07, 6.45) is 23.0. The fourth-order valence-corrected chi connectivity index (χ4v) is 7.38. The Morgan fingerprint density at radius 2 is 0.718 bits per heavy atom. The Morgan fingerprint density at radius 1 is 0.385 bits per heavy atom. The Morgan fingerprint density at radius 3 is 1.00 bits per heavy atom. The van der Waals surface area contributed by atoms with E-state index >= 15 is 0 Å². The topological polar surface area (TPSA) is 142 Å². The van der Waals surface area contributed by atoms with Crippen LogP contribution in [0.3, 0.4) is 0 Å². The zero-order chi connectivity index (χ0) is 28.9. The van der Waals surface area contributed by atoms with Gasteiger partial charge in [0.25, 0.3) is 0 Å². The predicted octanol–water partition coefficient (Wildman–Crippen LogP) is 4.71. The lowest BCUT2D eigenvalue weighted by atomic mass is 9.46. The van der Waals surface area contributed by atoms with Crippen LogP contribution in [-0.2, 0) is 0 Å². The highest BCUT2D eigenvalue weighted by molar-refractivity contribution is 5.10. The SMILES string of the molecule is OCC1CCCCCCCCCCCCCCCCCCCCCC(CO)(CO)C(CO)(CO)C1(CO)CO.